The predicted molar refractivity (Wildman–Crippen MR) is 91.0 cm³/mol. The summed E-state index contributed by atoms with van der Waals surface area (Å²) in [5.74, 6) is -2.38. The molecule has 0 aromatic heterocycles. The molecule has 4 N–H and O–H groups in total. The molecule has 0 bridgehead atoms. The Balaban J connectivity index is 2.94. The van der Waals surface area contributed by atoms with Crippen molar-refractivity contribution in [2.45, 2.75) is 16.7 Å². The number of nitrogens with one attached hydrogen (secondary N) is 1. The number of carboxylic acid groups (broad SMARTS) is 1. The van der Waals surface area contributed by atoms with E-state index in [-0.39, 0.29) is 22.2 Å². The molecule has 0 spiro atoms. The van der Waals surface area contributed by atoms with Crippen molar-refractivity contribution in [1.29, 1.82) is 0 Å². The summed E-state index contributed by atoms with van der Waals surface area (Å²) in [6.45, 7) is 0.222. The highest BCUT2D eigenvalue weighted by atomic mass is 32.2. The lowest BCUT2D eigenvalue weighted by molar-refractivity contribution is -0.139. The van der Waals surface area contributed by atoms with Gasteiger partial charge in [0.15, 0.2) is 6.61 Å². The van der Waals surface area contributed by atoms with E-state index in [2.05, 4.69) is 5.32 Å². The number of carbonyl (C=O) groups excluding carboxylic acids is 1. The van der Waals surface area contributed by atoms with E-state index < -0.39 is 48.5 Å². The van der Waals surface area contributed by atoms with Crippen LogP contribution in [0, 0.1) is 0 Å². The van der Waals surface area contributed by atoms with Crippen molar-refractivity contribution in [3.63, 3.8) is 0 Å². The smallest absolute Gasteiger partial charge is 0.341 e. The highest BCUT2D eigenvalue weighted by Crippen LogP contribution is 2.37. The Bertz CT molecular complexity index is 1150. The van der Waals surface area contributed by atoms with Crippen molar-refractivity contribution < 1.29 is 45.4 Å². The van der Waals surface area contributed by atoms with E-state index in [0.717, 1.165) is 31.2 Å². The zero-order chi connectivity index (χ0) is 20.6. The minimum atomic E-state index is -4.77. The number of ether oxygens (including phenoxy) is 1. The van der Waals surface area contributed by atoms with Crippen molar-refractivity contribution in [1.82, 2.24) is 0 Å². The molecule has 0 fully saturated rings. The second kappa shape index (κ2) is 7.11. The quantitative estimate of drug-likeness (QED) is 0.487. The maximum Gasteiger partial charge on any atom is 0.341 e. The summed E-state index contributed by atoms with van der Waals surface area (Å²) in [7, 11) is -9.50. The Morgan fingerprint density at radius 1 is 1.00 bits per heavy atom. The standard InChI is InChI=1S/C14H13NO10S2/c1-7(16)15-11-4-9(26(19,20)21)2-8-3-10(27(22,23)24)5-12(14(8)11)25-6-13(17)18/h2-5H,6H2,1H3,(H,15,16)(H,17,18)(H,19,20,21)(H,22,23,24). The molecule has 0 atom stereocenters. The summed E-state index contributed by atoms with van der Waals surface area (Å²) in [4.78, 5) is 20.8. The zero-order valence-corrected chi connectivity index (χ0v) is 15.2. The Morgan fingerprint density at radius 2 is 1.52 bits per heavy atom. The molecule has 0 heterocycles. The maximum atomic E-state index is 11.5. The lowest BCUT2D eigenvalue weighted by Crippen LogP contribution is -2.12. The number of anilines is 1. The Kier molecular flexibility index (Phi) is 5.42. The molecule has 27 heavy (non-hydrogen) atoms. The predicted octanol–water partition coefficient (Wildman–Crippen LogP) is 0.755. The molecule has 2 rings (SSSR count). The third-order valence-corrected chi connectivity index (χ3v) is 4.88. The minimum absolute atomic E-state index is 0.0359. The molecular formula is C14H13NO10S2. The van der Waals surface area contributed by atoms with Gasteiger partial charge >= 0.3 is 5.97 Å². The summed E-state index contributed by atoms with van der Waals surface area (Å²) < 4.78 is 69.4. The fourth-order valence-electron chi connectivity index (χ4n) is 2.26. The number of fused-ring (bicyclic) bond motifs is 1. The largest absolute Gasteiger partial charge is 0.481 e. The molecule has 1 amide bonds. The first kappa shape index (κ1) is 20.6. The van der Waals surface area contributed by atoms with Gasteiger partial charge in [0.1, 0.15) is 5.75 Å². The van der Waals surface area contributed by atoms with Gasteiger partial charge in [-0.05, 0) is 23.6 Å². The van der Waals surface area contributed by atoms with Crippen molar-refractivity contribution in [2.75, 3.05) is 11.9 Å². The molecule has 0 unspecified atom stereocenters. The van der Waals surface area contributed by atoms with Crippen LogP contribution in [0.5, 0.6) is 5.75 Å². The van der Waals surface area contributed by atoms with Gasteiger partial charge in [0, 0.05) is 18.4 Å². The number of amides is 1. The highest BCUT2D eigenvalue weighted by Gasteiger charge is 2.21. The second-order valence-corrected chi connectivity index (χ2v) is 8.15. The first-order valence-corrected chi connectivity index (χ1v) is 9.86. The number of carbonyl (C=O) groups is 2. The van der Waals surface area contributed by atoms with Crippen LogP contribution in [0.15, 0.2) is 34.1 Å². The van der Waals surface area contributed by atoms with E-state index in [0.29, 0.717) is 0 Å². The number of hydrogen-bond donors (Lipinski definition) is 4. The monoisotopic (exact) mass is 419 g/mol. The van der Waals surface area contributed by atoms with Crippen LogP contribution >= 0.6 is 0 Å². The fourth-order valence-corrected chi connectivity index (χ4v) is 3.34. The normalized spacial score (nSPS) is 12.0. The van der Waals surface area contributed by atoms with Crippen LogP contribution in [-0.4, -0.2) is 49.5 Å². The summed E-state index contributed by atoms with van der Waals surface area (Å²) >= 11 is 0. The van der Waals surface area contributed by atoms with Gasteiger partial charge in [0.25, 0.3) is 20.2 Å². The van der Waals surface area contributed by atoms with Gasteiger partial charge in [0.05, 0.1) is 15.5 Å². The van der Waals surface area contributed by atoms with Gasteiger partial charge in [-0.25, -0.2) is 4.79 Å². The average molecular weight is 419 g/mol. The fraction of sp³-hybridized carbons (Fsp3) is 0.143. The van der Waals surface area contributed by atoms with E-state index in [1.54, 1.807) is 0 Å². The zero-order valence-electron chi connectivity index (χ0n) is 13.5. The lowest BCUT2D eigenvalue weighted by atomic mass is 10.1. The van der Waals surface area contributed by atoms with Gasteiger partial charge < -0.3 is 15.2 Å². The van der Waals surface area contributed by atoms with Crippen LogP contribution in [-0.2, 0) is 29.8 Å². The number of hydrogen-bond acceptors (Lipinski definition) is 7. The average Bonchev–Trinajstić information content (AvgIpc) is 2.49. The van der Waals surface area contributed by atoms with Crippen LogP contribution in [0.25, 0.3) is 10.8 Å². The number of carboxylic acids is 1. The summed E-state index contributed by atoms with van der Waals surface area (Å²) in [5, 5.41) is 10.9. The first-order chi connectivity index (χ1) is 12.3. The molecule has 2 aromatic rings. The summed E-state index contributed by atoms with van der Waals surface area (Å²) in [6, 6.07) is 3.45. The van der Waals surface area contributed by atoms with Crippen LogP contribution in [0.3, 0.4) is 0 Å². The summed E-state index contributed by atoms with van der Waals surface area (Å²) in [5.41, 5.74) is -0.185. The molecular weight excluding hydrogens is 406 g/mol. The van der Waals surface area contributed by atoms with E-state index in [1.807, 2.05) is 0 Å². The van der Waals surface area contributed by atoms with Crippen molar-refractivity contribution in [2.24, 2.45) is 0 Å². The Labute approximate surface area is 153 Å². The number of rotatable bonds is 6. The number of aliphatic carboxylic acids is 1. The van der Waals surface area contributed by atoms with Gasteiger partial charge in [0.2, 0.25) is 5.91 Å². The van der Waals surface area contributed by atoms with Gasteiger partial charge in [-0.3, -0.25) is 13.9 Å². The van der Waals surface area contributed by atoms with Crippen LogP contribution < -0.4 is 10.1 Å². The van der Waals surface area contributed by atoms with Crippen LogP contribution in [0.1, 0.15) is 6.92 Å². The lowest BCUT2D eigenvalue weighted by Gasteiger charge is -2.15. The second-order valence-electron chi connectivity index (χ2n) is 5.30. The topological polar surface area (TPSA) is 184 Å². The highest BCUT2D eigenvalue weighted by molar-refractivity contribution is 7.86. The SMILES string of the molecule is CC(=O)Nc1cc(S(=O)(=O)O)cc2cc(S(=O)(=O)O)cc(OCC(=O)O)c12. The Hall–Kier alpha value is -2.74. The molecule has 0 radical (unpaired) electrons. The molecule has 2 aromatic carbocycles. The van der Waals surface area contributed by atoms with E-state index in [9.17, 15) is 35.5 Å². The van der Waals surface area contributed by atoms with Crippen molar-refractivity contribution in [3.8, 4) is 5.75 Å². The van der Waals surface area contributed by atoms with Crippen LogP contribution in [0.4, 0.5) is 5.69 Å². The maximum absolute atomic E-state index is 11.5. The molecule has 0 aliphatic rings. The van der Waals surface area contributed by atoms with Crippen LogP contribution in [0.2, 0.25) is 0 Å². The summed E-state index contributed by atoms with van der Waals surface area (Å²) in [6.07, 6.45) is 0. The Morgan fingerprint density at radius 3 is 1.96 bits per heavy atom. The first-order valence-electron chi connectivity index (χ1n) is 6.98. The van der Waals surface area contributed by atoms with E-state index >= 15 is 0 Å². The molecule has 13 heteroatoms. The number of benzene rings is 2. The molecule has 0 aliphatic carbocycles. The van der Waals surface area contributed by atoms with Crippen molar-refractivity contribution in [3.05, 3.63) is 24.3 Å². The van der Waals surface area contributed by atoms with Gasteiger partial charge in [-0.15, -0.1) is 0 Å². The molecule has 0 saturated heterocycles. The van der Waals surface area contributed by atoms with E-state index in [4.69, 9.17) is 9.84 Å². The molecule has 0 saturated carbocycles. The molecule has 11 nitrogen and oxygen atoms in total. The van der Waals surface area contributed by atoms with Gasteiger partial charge in [-0.2, -0.15) is 16.8 Å². The van der Waals surface area contributed by atoms with Gasteiger partial charge in [-0.1, -0.05) is 0 Å². The third-order valence-electron chi connectivity index (χ3n) is 3.22. The molecule has 146 valence electrons. The van der Waals surface area contributed by atoms with E-state index in [1.165, 1.54) is 0 Å². The minimum Gasteiger partial charge on any atom is -0.481 e. The van der Waals surface area contributed by atoms with Crippen molar-refractivity contribution >= 4 is 48.6 Å². The third kappa shape index (κ3) is 4.91. The molecule has 0 aliphatic heterocycles.